The fourth-order valence-electron chi connectivity index (χ4n) is 0. The molecule has 0 heterocycles. The maximum absolute atomic E-state index is 7.17. The first kappa shape index (κ1) is 16.9. The Morgan fingerprint density at radius 1 is 1.00 bits per heavy atom. The summed E-state index contributed by atoms with van der Waals surface area (Å²) in [6, 6.07) is 0. The summed E-state index contributed by atoms with van der Waals surface area (Å²) in [6.45, 7) is 0. The Morgan fingerprint density at radius 3 is 1.00 bits per heavy atom. The molecule has 0 atom stereocenters. The van der Waals surface area contributed by atoms with Gasteiger partial charge in [-0.3, -0.25) is 0 Å². The van der Waals surface area contributed by atoms with Crippen LogP contribution in [0, 0.1) is 0 Å². The van der Waals surface area contributed by atoms with Crippen LogP contribution in [0.25, 0.3) is 0 Å². The molecule has 0 radical (unpaired) electrons. The molecule has 0 bridgehead atoms. The van der Waals surface area contributed by atoms with Crippen LogP contribution in [-0.4, -0.2) is 27.9 Å². The second-order valence-corrected chi connectivity index (χ2v) is 0.346. The Bertz CT molecular complexity index is 12.3. The highest BCUT2D eigenvalue weighted by atomic mass is 16.5. The molecule has 0 amide bonds. The van der Waals surface area contributed by atoms with Crippen LogP contribution in [0.5, 0.6) is 0 Å². The van der Waals surface area contributed by atoms with E-state index in [4.69, 9.17) is 15.1 Å². The first-order valence-corrected chi connectivity index (χ1v) is 0.775. The molecule has 0 aliphatic rings. The minimum absolute atomic E-state index is 0. The van der Waals surface area contributed by atoms with Crippen molar-refractivity contribution in [2.24, 2.45) is 0 Å². The summed E-state index contributed by atoms with van der Waals surface area (Å²) in [4.78, 5) is 0. The molecule has 0 unspecified atom stereocenters. The molecule has 0 aromatic heterocycles. The molecule has 5 nitrogen and oxygen atoms in total. The first-order chi connectivity index (χ1) is 1.73. The van der Waals surface area contributed by atoms with Crippen LogP contribution in [0.15, 0.2) is 0 Å². The van der Waals surface area contributed by atoms with Gasteiger partial charge in [-0.25, -0.2) is 0 Å². The third-order valence-electron chi connectivity index (χ3n) is 0. The van der Waals surface area contributed by atoms with Gasteiger partial charge < -0.3 is 26.7 Å². The van der Waals surface area contributed by atoms with Gasteiger partial charge >= 0.3 is 7.32 Å². The van der Waals surface area contributed by atoms with Gasteiger partial charge in [0.1, 0.15) is 0 Å². The molecule has 0 aliphatic carbocycles. The van der Waals surface area contributed by atoms with E-state index in [0.717, 1.165) is 0 Å². The van der Waals surface area contributed by atoms with E-state index >= 15 is 0 Å². The smallest absolute Gasteiger partial charge is 0.631 e. The summed E-state index contributed by atoms with van der Waals surface area (Å²) >= 11 is 0. The lowest BCUT2D eigenvalue weighted by Crippen LogP contribution is -2.07. The molecular weight excluding hydrogens is 88.8 g/mol. The average molecular weight is 96.9 g/mol. The molecule has 8 N–H and O–H groups in total. The van der Waals surface area contributed by atoms with Crippen LogP contribution in [0.4, 0.5) is 0 Å². The van der Waals surface area contributed by atoms with E-state index in [1.807, 2.05) is 0 Å². The summed E-state index contributed by atoms with van der Waals surface area (Å²) in [5, 5.41) is 21.5. The molecule has 0 fully saturated rings. The first-order valence-electron chi connectivity index (χ1n) is 0.775. The molecule has 0 saturated heterocycles. The van der Waals surface area contributed by atoms with Crippen molar-refractivity contribution in [1.29, 1.82) is 0 Å². The van der Waals surface area contributed by atoms with E-state index in [1.54, 1.807) is 0 Å². The number of hydrogen-bond donors (Lipinski definition) is 4. The highest BCUT2D eigenvalue weighted by Crippen LogP contribution is 1.40. The highest BCUT2D eigenvalue weighted by Gasteiger charge is 1.92. The quantitative estimate of drug-likeness (QED) is 0.264. The SMILES string of the molecule is OB(O)O.[NH4+].[OH-]. The standard InChI is InChI=1S/BH3O3.H3N.H2O/c2-1(3)4;;/h2-4H;1H3;1H2. The maximum atomic E-state index is 7.17. The van der Waals surface area contributed by atoms with Crippen molar-refractivity contribution in [2.45, 2.75) is 0 Å². The Labute approximate surface area is 35.3 Å². The third kappa shape index (κ3) is 1740. The summed E-state index contributed by atoms with van der Waals surface area (Å²) in [7, 11) is -2.17. The van der Waals surface area contributed by atoms with Crippen LogP contribution >= 0.6 is 0 Å². The zero-order valence-corrected chi connectivity index (χ0v) is 3.37. The van der Waals surface area contributed by atoms with Gasteiger partial charge in [-0.1, -0.05) is 0 Å². The predicted octanol–water partition coefficient (Wildman–Crippen LogP) is -1.85. The van der Waals surface area contributed by atoms with Crippen molar-refractivity contribution in [1.82, 2.24) is 6.15 Å². The topological polar surface area (TPSA) is 127 Å². The Kier molecular flexibility index (Phi) is 25.0. The second-order valence-electron chi connectivity index (χ2n) is 0.346. The van der Waals surface area contributed by atoms with Gasteiger partial charge in [0.05, 0.1) is 0 Å². The lowest BCUT2D eigenvalue weighted by molar-refractivity contribution is 0.278. The Hall–Kier alpha value is -0.135. The van der Waals surface area contributed by atoms with Crippen molar-refractivity contribution in [3.8, 4) is 0 Å². The van der Waals surface area contributed by atoms with Gasteiger partial charge in [0.2, 0.25) is 0 Å². The molecule has 0 aliphatic heterocycles. The van der Waals surface area contributed by atoms with Gasteiger partial charge in [0, 0.05) is 0 Å². The van der Waals surface area contributed by atoms with Gasteiger partial charge in [0.15, 0.2) is 0 Å². The van der Waals surface area contributed by atoms with Gasteiger partial charge in [-0.2, -0.15) is 0 Å². The van der Waals surface area contributed by atoms with Crippen LogP contribution in [0.1, 0.15) is 0 Å². The number of quaternary nitrogens is 1. The van der Waals surface area contributed by atoms with E-state index < -0.39 is 7.32 Å². The van der Waals surface area contributed by atoms with Crippen LogP contribution in [-0.2, 0) is 0 Å². The van der Waals surface area contributed by atoms with Crippen molar-refractivity contribution < 1.29 is 20.5 Å². The molecule has 0 saturated carbocycles. The van der Waals surface area contributed by atoms with Gasteiger partial charge in [-0.15, -0.1) is 0 Å². The molecule has 6 heteroatoms. The molecule has 0 spiro atoms. The summed E-state index contributed by atoms with van der Waals surface area (Å²) in [6.07, 6.45) is 0. The van der Waals surface area contributed by atoms with Crippen LogP contribution < -0.4 is 6.15 Å². The molecule has 0 aromatic rings. The predicted molar refractivity (Wildman–Crippen MR) is 20.3 cm³/mol. The molecule has 0 rings (SSSR count). The van der Waals surface area contributed by atoms with E-state index in [9.17, 15) is 0 Å². The van der Waals surface area contributed by atoms with Crippen molar-refractivity contribution >= 4 is 7.32 Å². The fraction of sp³-hybridized carbons (Fsp3) is 0. The summed E-state index contributed by atoms with van der Waals surface area (Å²) in [5.41, 5.74) is 0. The second kappa shape index (κ2) is 8.85. The van der Waals surface area contributed by atoms with E-state index in [1.165, 1.54) is 0 Å². The summed E-state index contributed by atoms with van der Waals surface area (Å²) < 4.78 is 0. The van der Waals surface area contributed by atoms with Gasteiger partial charge in [0.25, 0.3) is 0 Å². The third-order valence-corrected chi connectivity index (χ3v) is 0. The Morgan fingerprint density at radius 2 is 1.00 bits per heavy atom. The van der Waals surface area contributed by atoms with Crippen LogP contribution in [0.3, 0.4) is 0 Å². The normalized spacial score (nSPS) is 4.50. The molecule has 6 heavy (non-hydrogen) atoms. The molecule has 0 aromatic carbocycles. The number of rotatable bonds is 0. The zero-order valence-electron chi connectivity index (χ0n) is 3.37. The zero-order chi connectivity index (χ0) is 3.58. The van der Waals surface area contributed by atoms with E-state index in [0.29, 0.717) is 0 Å². The van der Waals surface area contributed by atoms with E-state index in [-0.39, 0.29) is 11.6 Å². The molecule has 40 valence electrons. The average Bonchev–Trinajstić information content (AvgIpc) is 0.811. The maximum Gasteiger partial charge on any atom is 0.631 e. The highest BCUT2D eigenvalue weighted by molar-refractivity contribution is 6.30. The van der Waals surface area contributed by atoms with Crippen molar-refractivity contribution in [3.63, 3.8) is 0 Å². The van der Waals surface area contributed by atoms with E-state index in [2.05, 4.69) is 0 Å². The van der Waals surface area contributed by atoms with Gasteiger partial charge in [-0.05, 0) is 0 Å². The van der Waals surface area contributed by atoms with Crippen molar-refractivity contribution in [3.05, 3.63) is 0 Å². The minimum Gasteiger partial charge on any atom is -0.870 e. The summed E-state index contributed by atoms with van der Waals surface area (Å²) in [5.74, 6) is 0. The lowest BCUT2D eigenvalue weighted by Gasteiger charge is -1.69. The van der Waals surface area contributed by atoms with Crippen molar-refractivity contribution in [2.75, 3.05) is 0 Å². The Balaban J connectivity index is -0.0000000450. The largest absolute Gasteiger partial charge is 0.870 e. The molecular formula is H8BNO4. The number of hydrogen-bond acceptors (Lipinski definition) is 4. The lowest BCUT2D eigenvalue weighted by atomic mass is 10.3. The van der Waals surface area contributed by atoms with Crippen LogP contribution in [0.2, 0.25) is 0 Å². The minimum atomic E-state index is -2.17. The monoisotopic (exact) mass is 97.1 g/mol. The fourth-order valence-corrected chi connectivity index (χ4v) is 0.